The highest BCUT2D eigenvalue weighted by Gasteiger charge is 2.18. The molecule has 1 unspecified atom stereocenters. The van der Waals surface area contributed by atoms with Crippen molar-refractivity contribution in [1.82, 2.24) is 5.32 Å². The molecule has 0 spiro atoms. The van der Waals surface area contributed by atoms with Crippen molar-refractivity contribution in [2.24, 2.45) is 5.92 Å². The van der Waals surface area contributed by atoms with E-state index < -0.39 is 0 Å². The Kier molecular flexibility index (Phi) is 5.69. The first-order chi connectivity index (χ1) is 7.18. The molecule has 1 heterocycles. The van der Waals surface area contributed by atoms with Crippen LogP contribution in [0.15, 0.2) is 0 Å². The molecule has 1 saturated heterocycles. The van der Waals surface area contributed by atoms with E-state index in [1.165, 1.54) is 6.42 Å². The monoisotopic (exact) mass is 213 g/mol. The summed E-state index contributed by atoms with van der Waals surface area (Å²) in [4.78, 5) is 11.4. The van der Waals surface area contributed by atoms with E-state index in [0.717, 1.165) is 25.8 Å². The molecule has 0 aromatic heterocycles. The summed E-state index contributed by atoms with van der Waals surface area (Å²) in [6, 6.07) is 0.364. The van der Waals surface area contributed by atoms with Gasteiger partial charge in [0.1, 0.15) is 0 Å². The highest BCUT2D eigenvalue weighted by atomic mass is 16.5. The lowest BCUT2D eigenvalue weighted by Gasteiger charge is -2.10. The van der Waals surface area contributed by atoms with E-state index in [0.29, 0.717) is 25.0 Å². The van der Waals surface area contributed by atoms with E-state index >= 15 is 0 Å². The van der Waals surface area contributed by atoms with Gasteiger partial charge in [-0.2, -0.15) is 0 Å². The van der Waals surface area contributed by atoms with E-state index in [1.54, 1.807) is 0 Å². The summed E-state index contributed by atoms with van der Waals surface area (Å²) in [5.74, 6) is 0.651. The van der Waals surface area contributed by atoms with Crippen LogP contribution in [0.25, 0.3) is 0 Å². The lowest BCUT2D eigenvalue weighted by molar-refractivity contribution is -0.144. The lowest BCUT2D eigenvalue weighted by Crippen LogP contribution is -2.25. The first kappa shape index (κ1) is 12.5. The normalized spacial score (nSPS) is 20.9. The Morgan fingerprint density at radius 1 is 1.53 bits per heavy atom. The first-order valence-electron chi connectivity index (χ1n) is 6.07. The molecule has 0 aromatic rings. The van der Waals surface area contributed by atoms with Crippen LogP contribution < -0.4 is 5.32 Å². The zero-order valence-corrected chi connectivity index (χ0v) is 9.92. The summed E-state index contributed by atoms with van der Waals surface area (Å²) in [6.07, 6.45) is 4.96. The molecule has 0 aliphatic carbocycles. The van der Waals surface area contributed by atoms with Gasteiger partial charge in [-0.1, -0.05) is 13.8 Å². The van der Waals surface area contributed by atoms with Gasteiger partial charge in [0.25, 0.3) is 0 Å². The Bertz CT molecular complexity index is 186. The van der Waals surface area contributed by atoms with Crippen LogP contribution in [-0.4, -0.2) is 25.2 Å². The minimum Gasteiger partial charge on any atom is -0.466 e. The summed E-state index contributed by atoms with van der Waals surface area (Å²) >= 11 is 0. The van der Waals surface area contributed by atoms with E-state index in [4.69, 9.17) is 4.74 Å². The molecule has 0 aromatic carbocycles. The van der Waals surface area contributed by atoms with Gasteiger partial charge >= 0.3 is 5.97 Å². The molecule has 15 heavy (non-hydrogen) atoms. The fourth-order valence-corrected chi connectivity index (χ4v) is 1.87. The molecule has 1 aliphatic rings. The molecular weight excluding hydrogens is 190 g/mol. The van der Waals surface area contributed by atoms with Crippen molar-refractivity contribution < 1.29 is 9.53 Å². The molecule has 0 bridgehead atoms. The van der Waals surface area contributed by atoms with Crippen molar-refractivity contribution in [3.63, 3.8) is 0 Å². The lowest BCUT2D eigenvalue weighted by atomic mass is 10.1. The van der Waals surface area contributed by atoms with E-state index in [2.05, 4.69) is 19.2 Å². The zero-order valence-electron chi connectivity index (χ0n) is 9.92. The quantitative estimate of drug-likeness (QED) is 0.542. The van der Waals surface area contributed by atoms with Gasteiger partial charge in [0.05, 0.1) is 13.0 Å². The molecule has 3 nitrogen and oxygen atoms in total. The van der Waals surface area contributed by atoms with Crippen LogP contribution in [0, 0.1) is 5.92 Å². The van der Waals surface area contributed by atoms with Gasteiger partial charge in [0, 0.05) is 6.04 Å². The Hall–Kier alpha value is -0.570. The van der Waals surface area contributed by atoms with E-state index in [-0.39, 0.29) is 5.97 Å². The van der Waals surface area contributed by atoms with Crippen molar-refractivity contribution in [1.29, 1.82) is 0 Å². The van der Waals surface area contributed by atoms with Crippen LogP contribution in [0.1, 0.15) is 46.0 Å². The smallest absolute Gasteiger partial charge is 0.307 e. The molecule has 1 fully saturated rings. The van der Waals surface area contributed by atoms with Gasteiger partial charge in [0.15, 0.2) is 0 Å². The second-order valence-corrected chi connectivity index (χ2v) is 4.75. The van der Waals surface area contributed by atoms with Gasteiger partial charge in [-0.3, -0.25) is 4.79 Å². The van der Waals surface area contributed by atoms with Crippen molar-refractivity contribution in [2.75, 3.05) is 13.2 Å². The summed E-state index contributed by atoms with van der Waals surface area (Å²) in [5, 5.41) is 3.30. The number of hydrogen-bond donors (Lipinski definition) is 1. The van der Waals surface area contributed by atoms with Crippen molar-refractivity contribution in [2.45, 2.75) is 52.0 Å². The molecule has 1 N–H and O–H groups in total. The molecule has 1 rings (SSSR count). The van der Waals surface area contributed by atoms with Crippen molar-refractivity contribution in [3.8, 4) is 0 Å². The molecule has 0 radical (unpaired) electrons. The molecule has 0 amide bonds. The molecule has 1 atom stereocenters. The minimum atomic E-state index is -0.0434. The predicted molar refractivity (Wildman–Crippen MR) is 60.7 cm³/mol. The van der Waals surface area contributed by atoms with Crippen LogP contribution in [0.2, 0.25) is 0 Å². The number of hydrogen-bond acceptors (Lipinski definition) is 3. The van der Waals surface area contributed by atoms with Crippen LogP contribution in [-0.2, 0) is 9.53 Å². The van der Waals surface area contributed by atoms with Crippen LogP contribution >= 0.6 is 0 Å². The Morgan fingerprint density at radius 2 is 2.33 bits per heavy atom. The third-order valence-corrected chi connectivity index (χ3v) is 2.76. The van der Waals surface area contributed by atoms with Crippen molar-refractivity contribution >= 4 is 5.97 Å². The maximum Gasteiger partial charge on any atom is 0.307 e. The average molecular weight is 213 g/mol. The van der Waals surface area contributed by atoms with E-state index in [1.807, 2.05) is 0 Å². The molecule has 0 saturated carbocycles. The average Bonchev–Trinajstić information content (AvgIpc) is 2.64. The molecule has 1 aliphatic heterocycles. The SMILES string of the molecule is CC(C)CCCOC(=O)CC1CCCN1. The Balaban J connectivity index is 1.98. The third kappa shape index (κ3) is 5.78. The molecular formula is C12H23NO2. The maximum atomic E-state index is 11.4. The minimum absolute atomic E-state index is 0.0434. The topological polar surface area (TPSA) is 38.3 Å². The zero-order chi connectivity index (χ0) is 11.1. The van der Waals surface area contributed by atoms with Crippen LogP contribution in [0.5, 0.6) is 0 Å². The van der Waals surface area contributed by atoms with Gasteiger partial charge in [0.2, 0.25) is 0 Å². The second-order valence-electron chi connectivity index (χ2n) is 4.75. The fraction of sp³-hybridized carbons (Fsp3) is 0.917. The number of rotatable bonds is 6. The number of nitrogens with one attached hydrogen (secondary N) is 1. The second kappa shape index (κ2) is 6.83. The summed E-state index contributed by atoms with van der Waals surface area (Å²) in [6.45, 7) is 6.00. The highest BCUT2D eigenvalue weighted by molar-refractivity contribution is 5.70. The van der Waals surface area contributed by atoms with Crippen molar-refractivity contribution in [3.05, 3.63) is 0 Å². The van der Waals surface area contributed by atoms with Gasteiger partial charge in [-0.15, -0.1) is 0 Å². The maximum absolute atomic E-state index is 11.4. The van der Waals surface area contributed by atoms with E-state index in [9.17, 15) is 4.79 Å². The van der Waals surface area contributed by atoms with Crippen LogP contribution in [0.3, 0.4) is 0 Å². The first-order valence-corrected chi connectivity index (χ1v) is 6.07. The standard InChI is InChI=1S/C12H23NO2/c1-10(2)5-4-8-15-12(14)9-11-6-3-7-13-11/h10-11,13H,3-9H2,1-2H3. The molecule has 88 valence electrons. The Labute approximate surface area is 92.6 Å². The number of carbonyl (C=O) groups excluding carboxylic acids is 1. The van der Waals surface area contributed by atoms with Gasteiger partial charge in [-0.25, -0.2) is 0 Å². The van der Waals surface area contributed by atoms with Gasteiger partial charge < -0.3 is 10.1 Å². The van der Waals surface area contributed by atoms with Gasteiger partial charge in [-0.05, 0) is 38.1 Å². The largest absolute Gasteiger partial charge is 0.466 e. The number of carbonyl (C=O) groups is 1. The predicted octanol–water partition coefficient (Wildman–Crippen LogP) is 2.11. The Morgan fingerprint density at radius 3 is 2.93 bits per heavy atom. The number of esters is 1. The van der Waals surface area contributed by atoms with Crippen LogP contribution in [0.4, 0.5) is 0 Å². The fourth-order valence-electron chi connectivity index (χ4n) is 1.87. The third-order valence-electron chi connectivity index (χ3n) is 2.76. The highest BCUT2D eigenvalue weighted by Crippen LogP contribution is 2.10. The summed E-state index contributed by atoms with van der Waals surface area (Å²) in [7, 11) is 0. The summed E-state index contributed by atoms with van der Waals surface area (Å²) < 4.78 is 5.18. The number of ether oxygens (including phenoxy) is 1. The summed E-state index contributed by atoms with van der Waals surface area (Å²) in [5.41, 5.74) is 0. The molecule has 3 heteroatoms.